The predicted molar refractivity (Wildman–Crippen MR) is 128 cm³/mol. The molecule has 1 fully saturated rings. The molecule has 0 radical (unpaired) electrons. The summed E-state index contributed by atoms with van der Waals surface area (Å²) < 4.78 is 5.60. The number of ether oxygens (including phenoxy) is 1. The van der Waals surface area contributed by atoms with E-state index in [1.54, 1.807) is 0 Å². The van der Waals surface area contributed by atoms with E-state index >= 15 is 0 Å². The van der Waals surface area contributed by atoms with Crippen LogP contribution in [0.3, 0.4) is 0 Å². The number of amides is 2. The second-order valence-electron chi connectivity index (χ2n) is 8.91. The number of aliphatic carboxylic acids is 1. The third kappa shape index (κ3) is 4.98. The third-order valence-corrected chi connectivity index (χ3v) is 6.82. The van der Waals surface area contributed by atoms with Gasteiger partial charge in [-0.2, -0.15) is 0 Å². The Morgan fingerprint density at radius 3 is 2.32 bits per heavy atom. The highest BCUT2D eigenvalue weighted by atomic mass is 16.5. The van der Waals surface area contributed by atoms with Crippen LogP contribution in [-0.2, 0) is 14.3 Å². The normalized spacial score (nSPS) is 18.6. The summed E-state index contributed by atoms with van der Waals surface area (Å²) in [5.41, 5.74) is 4.65. The van der Waals surface area contributed by atoms with Crippen molar-refractivity contribution in [2.75, 3.05) is 26.2 Å². The molecule has 0 aliphatic heterocycles. The SMILES string of the molecule is C=CCN(CC(=O)O)C(=O)C1CCCC1CNC(=O)OCC1c2ccccc2-c2ccccc21. The Bertz CT molecular complexity index is 1040. The molecule has 2 atom stereocenters. The molecule has 1 saturated carbocycles. The lowest BCUT2D eigenvalue weighted by Crippen LogP contribution is -2.43. The van der Waals surface area contributed by atoms with Crippen LogP contribution in [0.25, 0.3) is 11.1 Å². The zero-order chi connectivity index (χ0) is 24.1. The fourth-order valence-electron chi connectivity index (χ4n) is 5.26. The first-order valence-electron chi connectivity index (χ1n) is 11.7. The molecule has 2 amide bonds. The van der Waals surface area contributed by atoms with Crippen LogP contribution in [0.5, 0.6) is 0 Å². The average Bonchev–Trinajstić information content (AvgIpc) is 3.43. The number of carbonyl (C=O) groups excluding carboxylic acids is 2. The van der Waals surface area contributed by atoms with Crippen molar-refractivity contribution in [2.24, 2.45) is 11.8 Å². The number of nitrogens with zero attached hydrogens (tertiary/aromatic N) is 1. The Morgan fingerprint density at radius 2 is 1.71 bits per heavy atom. The van der Waals surface area contributed by atoms with Crippen molar-refractivity contribution >= 4 is 18.0 Å². The largest absolute Gasteiger partial charge is 0.480 e. The van der Waals surface area contributed by atoms with Crippen LogP contribution in [0.1, 0.15) is 36.3 Å². The van der Waals surface area contributed by atoms with E-state index in [9.17, 15) is 14.4 Å². The minimum absolute atomic E-state index is 0.0116. The average molecular weight is 463 g/mol. The lowest BCUT2D eigenvalue weighted by molar-refractivity contribution is -0.146. The van der Waals surface area contributed by atoms with Gasteiger partial charge in [0, 0.05) is 24.9 Å². The summed E-state index contributed by atoms with van der Waals surface area (Å²) in [4.78, 5) is 37.9. The van der Waals surface area contributed by atoms with E-state index in [0.717, 1.165) is 24.0 Å². The molecule has 2 N–H and O–H groups in total. The van der Waals surface area contributed by atoms with Crippen LogP contribution in [-0.4, -0.2) is 54.2 Å². The molecule has 2 aliphatic rings. The molecular weight excluding hydrogens is 432 g/mol. The molecule has 34 heavy (non-hydrogen) atoms. The standard InChI is InChI=1S/C27H30N2O5/c1-2-14-29(16-25(30)31)26(32)19-13-7-8-18(19)15-28-27(33)34-17-24-22-11-5-3-9-20(22)21-10-4-6-12-23(21)24/h2-6,9-12,18-19,24H,1,7-8,13-17H2,(H,28,33)(H,30,31). The van der Waals surface area contributed by atoms with Gasteiger partial charge in [0.1, 0.15) is 13.2 Å². The molecule has 0 heterocycles. The zero-order valence-electron chi connectivity index (χ0n) is 19.1. The van der Waals surface area contributed by atoms with Crippen LogP contribution >= 0.6 is 0 Å². The Hall–Kier alpha value is -3.61. The number of carbonyl (C=O) groups is 3. The maximum absolute atomic E-state index is 12.9. The smallest absolute Gasteiger partial charge is 0.407 e. The van der Waals surface area contributed by atoms with Gasteiger partial charge in [-0.1, -0.05) is 61.0 Å². The number of benzene rings is 2. The number of fused-ring (bicyclic) bond motifs is 3. The van der Waals surface area contributed by atoms with Crippen molar-refractivity contribution in [3.05, 3.63) is 72.3 Å². The van der Waals surface area contributed by atoms with Gasteiger partial charge in [-0.25, -0.2) is 4.79 Å². The molecule has 2 unspecified atom stereocenters. The molecule has 2 aliphatic carbocycles. The maximum Gasteiger partial charge on any atom is 0.407 e. The first-order chi connectivity index (χ1) is 16.5. The summed E-state index contributed by atoms with van der Waals surface area (Å²) in [5, 5.41) is 11.9. The van der Waals surface area contributed by atoms with Crippen molar-refractivity contribution in [3.63, 3.8) is 0 Å². The first-order valence-corrected chi connectivity index (χ1v) is 11.7. The minimum Gasteiger partial charge on any atom is -0.480 e. The van der Waals surface area contributed by atoms with Crippen molar-refractivity contribution < 1.29 is 24.2 Å². The van der Waals surface area contributed by atoms with Gasteiger partial charge >= 0.3 is 12.1 Å². The fourth-order valence-corrected chi connectivity index (χ4v) is 5.26. The minimum atomic E-state index is -1.05. The van der Waals surface area contributed by atoms with Gasteiger partial charge in [0.25, 0.3) is 0 Å². The van der Waals surface area contributed by atoms with Crippen LogP contribution < -0.4 is 5.32 Å². The quantitative estimate of drug-likeness (QED) is 0.549. The highest BCUT2D eigenvalue weighted by molar-refractivity contribution is 5.84. The Labute approximate surface area is 199 Å². The van der Waals surface area contributed by atoms with Gasteiger partial charge in [0.2, 0.25) is 5.91 Å². The molecule has 2 aromatic carbocycles. The summed E-state index contributed by atoms with van der Waals surface area (Å²) >= 11 is 0. The van der Waals surface area contributed by atoms with E-state index in [-0.39, 0.29) is 43.4 Å². The van der Waals surface area contributed by atoms with Gasteiger partial charge < -0.3 is 20.1 Å². The second kappa shape index (κ2) is 10.5. The van der Waals surface area contributed by atoms with Gasteiger partial charge in [-0.15, -0.1) is 6.58 Å². The number of nitrogens with one attached hydrogen (secondary N) is 1. The van der Waals surface area contributed by atoms with E-state index in [0.29, 0.717) is 13.0 Å². The molecule has 0 saturated heterocycles. The van der Waals surface area contributed by atoms with Crippen molar-refractivity contribution in [2.45, 2.75) is 25.2 Å². The van der Waals surface area contributed by atoms with E-state index in [4.69, 9.17) is 9.84 Å². The van der Waals surface area contributed by atoms with Gasteiger partial charge in [-0.05, 0) is 41.0 Å². The van der Waals surface area contributed by atoms with Gasteiger partial charge in [-0.3, -0.25) is 9.59 Å². The summed E-state index contributed by atoms with van der Waals surface area (Å²) in [7, 11) is 0. The van der Waals surface area contributed by atoms with Crippen molar-refractivity contribution in [1.82, 2.24) is 10.2 Å². The number of carboxylic acid groups (broad SMARTS) is 1. The van der Waals surface area contributed by atoms with E-state index in [1.165, 1.54) is 22.1 Å². The molecule has 0 bridgehead atoms. The Morgan fingerprint density at radius 1 is 1.06 bits per heavy atom. The Balaban J connectivity index is 1.33. The Kier molecular flexibility index (Phi) is 7.30. The lowest BCUT2D eigenvalue weighted by atomic mass is 9.94. The van der Waals surface area contributed by atoms with Crippen molar-refractivity contribution in [1.29, 1.82) is 0 Å². The lowest BCUT2D eigenvalue weighted by Gasteiger charge is -2.26. The summed E-state index contributed by atoms with van der Waals surface area (Å²) in [5.74, 6) is -1.62. The highest BCUT2D eigenvalue weighted by Gasteiger charge is 2.36. The fraction of sp³-hybridized carbons (Fsp3) is 0.370. The highest BCUT2D eigenvalue weighted by Crippen LogP contribution is 2.44. The van der Waals surface area contributed by atoms with E-state index in [1.807, 2.05) is 24.3 Å². The van der Waals surface area contributed by atoms with Crippen LogP contribution in [0.4, 0.5) is 4.79 Å². The number of rotatable bonds is 9. The first kappa shape index (κ1) is 23.5. The van der Waals surface area contributed by atoms with Gasteiger partial charge in [0.15, 0.2) is 0 Å². The van der Waals surface area contributed by atoms with E-state index in [2.05, 4.69) is 36.2 Å². The summed E-state index contributed by atoms with van der Waals surface area (Å²) in [6.07, 6.45) is 3.37. The molecule has 7 heteroatoms. The third-order valence-electron chi connectivity index (χ3n) is 6.82. The molecule has 4 rings (SSSR count). The predicted octanol–water partition coefficient (Wildman–Crippen LogP) is 4.04. The number of carboxylic acids is 1. The van der Waals surface area contributed by atoms with Gasteiger partial charge in [0.05, 0.1) is 0 Å². The zero-order valence-corrected chi connectivity index (χ0v) is 19.1. The number of hydrogen-bond acceptors (Lipinski definition) is 4. The van der Waals surface area contributed by atoms with Crippen LogP contribution in [0, 0.1) is 11.8 Å². The topological polar surface area (TPSA) is 95.9 Å². The maximum atomic E-state index is 12.9. The monoisotopic (exact) mass is 462 g/mol. The summed E-state index contributed by atoms with van der Waals surface area (Å²) in [6, 6.07) is 16.3. The number of alkyl carbamates (subject to hydrolysis) is 1. The summed E-state index contributed by atoms with van der Waals surface area (Å²) in [6.45, 7) is 4.01. The van der Waals surface area contributed by atoms with Crippen LogP contribution in [0.15, 0.2) is 61.2 Å². The molecule has 2 aromatic rings. The molecule has 0 spiro atoms. The molecular formula is C27H30N2O5. The number of hydrogen-bond donors (Lipinski definition) is 2. The van der Waals surface area contributed by atoms with E-state index < -0.39 is 12.1 Å². The van der Waals surface area contributed by atoms with Crippen LogP contribution in [0.2, 0.25) is 0 Å². The second-order valence-corrected chi connectivity index (χ2v) is 8.91. The molecule has 7 nitrogen and oxygen atoms in total. The molecule has 0 aromatic heterocycles. The van der Waals surface area contributed by atoms with Crippen molar-refractivity contribution in [3.8, 4) is 11.1 Å². The molecule has 178 valence electrons.